The van der Waals surface area contributed by atoms with Crippen LogP contribution in [0, 0.1) is 0 Å². The van der Waals surface area contributed by atoms with Crippen LogP contribution in [0.1, 0.15) is 28.2 Å². The van der Waals surface area contributed by atoms with Gasteiger partial charge in [-0.2, -0.15) is 0 Å². The first-order chi connectivity index (χ1) is 12.8. The first-order valence-electron chi connectivity index (χ1n) is 8.65. The maximum Gasteiger partial charge on any atom is 0.267 e. The van der Waals surface area contributed by atoms with E-state index >= 15 is 0 Å². The van der Waals surface area contributed by atoms with E-state index in [9.17, 15) is 4.79 Å². The van der Waals surface area contributed by atoms with E-state index in [4.69, 9.17) is 5.21 Å². The molecule has 1 aliphatic carbocycles. The van der Waals surface area contributed by atoms with Crippen LogP contribution in [0.3, 0.4) is 0 Å². The first kappa shape index (κ1) is 16.3. The maximum absolute atomic E-state index is 11.1. The summed E-state index contributed by atoms with van der Waals surface area (Å²) in [6.45, 7) is 0. The highest BCUT2D eigenvalue weighted by molar-refractivity contribution is 5.90. The second kappa shape index (κ2) is 6.98. The molecule has 0 spiro atoms. The average molecular weight is 341 g/mol. The van der Waals surface area contributed by atoms with Gasteiger partial charge >= 0.3 is 0 Å². The largest absolute Gasteiger partial charge is 0.288 e. The molecule has 0 aromatic heterocycles. The van der Waals surface area contributed by atoms with Gasteiger partial charge in [0.2, 0.25) is 0 Å². The lowest BCUT2D eigenvalue weighted by Gasteiger charge is -2.14. The number of hydroxylamine groups is 1. The Bertz CT molecular complexity index is 928. The van der Waals surface area contributed by atoms with Gasteiger partial charge in [-0.05, 0) is 45.9 Å². The van der Waals surface area contributed by atoms with Crippen LogP contribution in [0.4, 0.5) is 0 Å². The number of amides is 1. The van der Waals surface area contributed by atoms with Crippen molar-refractivity contribution < 1.29 is 10.0 Å². The molecule has 0 atom stereocenters. The molecule has 3 aromatic rings. The summed E-state index contributed by atoms with van der Waals surface area (Å²) in [7, 11) is 0. The van der Waals surface area contributed by atoms with E-state index in [1.807, 2.05) is 12.1 Å². The van der Waals surface area contributed by atoms with Crippen molar-refractivity contribution in [2.45, 2.75) is 12.3 Å². The third-order valence-corrected chi connectivity index (χ3v) is 4.92. The fourth-order valence-corrected chi connectivity index (χ4v) is 3.69. The number of hydrogen-bond donors (Lipinski definition) is 2. The van der Waals surface area contributed by atoms with Gasteiger partial charge in [0, 0.05) is 12.0 Å². The fraction of sp³-hybridized carbons (Fsp3) is 0.0870. The van der Waals surface area contributed by atoms with Gasteiger partial charge in [0.05, 0.1) is 0 Å². The van der Waals surface area contributed by atoms with Gasteiger partial charge in [0.15, 0.2) is 0 Å². The molecule has 0 unspecified atom stereocenters. The summed E-state index contributed by atoms with van der Waals surface area (Å²) in [5, 5.41) is 8.53. The highest BCUT2D eigenvalue weighted by Crippen LogP contribution is 2.45. The van der Waals surface area contributed by atoms with Crippen LogP contribution in [0.25, 0.3) is 17.2 Å². The molecule has 1 aliphatic rings. The van der Waals surface area contributed by atoms with E-state index < -0.39 is 5.91 Å². The molecule has 0 fully saturated rings. The molecule has 3 heteroatoms. The maximum atomic E-state index is 11.1. The lowest BCUT2D eigenvalue weighted by molar-refractivity contribution is -0.124. The van der Waals surface area contributed by atoms with Gasteiger partial charge in [0.1, 0.15) is 0 Å². The second-order valence-electron chi connectivity index (χ2n) is 6.48. The third kappa shape index (κ3) is 3.05. The zero-order valence-electron chi connectivity index (χ0n) is 14.2. The number of carbonyl (C=O) groups is 1. The fourth-order valence-electron chi connectivity index (χ4n) is 3.69. The predicted molar refractivity (Wildman–Crippen MR) is 103 cm³/mol. The molecule has 3 aromatic carbocycles. The van der Waals surface area contributed by atoms with Gasteiger partial charge in [0.25, 0.3) is 5.91 Å². The lowest BCUT2D eigenvalue weighted by Crippen LogP contribution is -2.14. The van der Waals surface area contributed by atoms with E-state index in [1.54, 1.807) is 11.6 Å². The van der Waals surface area contributed by atoms with E-state index in [-0.39, 0.29) is 0 Å². The Morgan fingerprint density at radius 2 is 1.46 bits per heavy atom. The van der Waals surface area contributed by atoms with Crippen molar-refractivity contribution in [3.8, 4) is 11.1 Å². The number of hydrogen-bond acceptors (Lipinski definition) is 2. The highest BCUT2D eigenvalue weighted by Gasteiger charge is 2.27. The number of benzene rings is 3. The highest BCUT2D eigenvalue weighted by atomic mass is 16.5. The summed E-state index contributed by atoms with van der Waals surface area (Å²) in [5.74, 6) is -0.169. The monoisotopic (exact) mass is 341 g/mol. The average Bonchev–Trinajstić information content (AvgIpc) is 3.01. The minimum Gasteiger partial charge on any atom is -0.288 e. The van der Waals surface area contributed by atoms with Gasteiger partial charge in [-0.1, -0.05) is 72.8 Å². The van der Waals surface area contributed by atoms with Crippen molar-refractivity contribution in [2.24, 2.45) is 0 Å². The third-order valence-electron chi connectivity index (χ3n) is 4.92. The molecule has 4 rings (SSSR count). The van der Waals surface area contributed by atoms with Crippen molar-refractivity contribution in [2.75, 3.05) is 0 Å². The zero-order chi connectivity index (χ0) is 17.9. The summed E-state index contributed by atoms with van der Waals surface area (Å²) >= 11 is 0. The van der Waals surface area contributed by atoms with Gasteiger partial charge in [-0.3, -0.25) is 10.0 Å². The Labute approximate surface area is 152 Å². The molecular weight excluding hydrogens is 322 g/mol. The Hall–Kier alpha value is -3.17. The quantitative estimate of drug-likeness (QED) is 0.415. The molecule has 3 nitrogen and oxygen atoms in total. The predicted octanol–water partition coefficient (Wildman–Crippen LogP) is 4.56. The van der Waals surface area contributed by atoms with Crippen LogP contribution in [-0.2, 0) is 11.2 Å². The first-order valence-corrected chi connectivity index (χ1v) is 8.65. The number of carbonyl (C=O) groups excluding carboxylic acids is 1. The summed E-state index contributed by atoms with van der Waals surface area (Å²) in [6.07, 6.45) is 3.92. The number of rotatable bonds is 4. The summed E-state index contributed by atoms with van der Waals surface area (Å²) in [5.41, 5.74) is 9.21. The lowest BCUT2D eigenvalue weighted by atomic mass is 9.90. The van der Waals surface area contributed by atoms with Crippen LogP contribution < -0.4 is 5.48 Å². The molecule has 26 heavy (non-hydrogen) atoms. The van der Waals surface area contributed by atoms with Crippen LogP contribution in [0.15, 0.2) is 78.9 Å². The number of nitrogens with one attached hydrogen (secondary N) is 1. The number of fused-ring (bicyclic) bond motifs is 3. The Morgan fingerprint density at radius 1 is 0.885 bits per heavy atom. The minimum absolute atomic E-state index is 0.365. The SMILES string of the molecule is O=C(/C=C/c1ccc(CC2c3ccccc3-c3ccccc32)cc1)NO. The van der Waals surface area contributed by atoms with Crippen molar-refractivity contribution in [1.82, 2.24) is 5.48 Å². The van der Waals surface area contributed by atoms with E-state index in [1.165, 1.54) is 33.9 Å². The summed E-state index contributed by atoms with van der Waals surface area (Å²) in [4.78, 5) is 11.1. The van der Waals surface area contributed by atoms with Crippen LogP contribution in [0.2, 0.25) is 0 Å². The molecule has 2 N–H and O–H groups in total. The van der Waals surface area contributed by atoms with E-state index in [2.05, 4.69) is 60.7 Å². The Morgan fingerprint density at radius 3 is 2.04 bits per heavy atom. The summed E-state index contributed by atoms with van der Waals surface area (Å²) in [6, 6.07) is 25.4. The van der Waals surface area contributed by atoms with Crippen molar-refractivity contribution in [3.63, 3.8) is 0 Å². The molecule has 1 amide bonds. The van der Waals surface area contributed by atoms with Crippen LogP contribution in [0.5, 0.6) is 0 Å². The van der Waals surface area contributed by atoms with Crippen LogP contribution in [-0.4, -0.2) is 11.1 Å². The molecule has 0 heterocycles. The standard InChI is InChI=1S/C23H19NO2/c25-23(24-26)14-13-16-9-11-17(12-10-16)15-22-20-7-3-1-5-18(20)19-6-2-4-8-21(19)22/h1-14,22,26H,15H2,(H,24,25)/b14-13+. The summed E-state index contributed by atoms with van der Waals surface area (Å²) < 4.78 is 0. The molecule has 0 radical (unpaired) electrons. The Balaban J connectivity index is 1.60. The Kier molecular flexibility index (Phi) is 4.38. The molecule has 0 bridgehead atoms. The van der Waals surface area contributed by atoms with Crippen molar-refractivity contribution in [3.05, 3.63) is 101 Å². The van der Waals surface area contributed by atoms with Gasteiger partial charge in [-0.15, -0.1) is 0 Å². The smallest absolute Gasteiger partial charge is 0.267 e. The van der Waals surface area contributed by atoms with Crippen molar-refractivity contribution >= 4 is 12.0 Å². The molecule has 128 valence electrons. The molecular formula is C23H19NO2. The normalized spacial score (nSPS) is 12.8. The molecule has 0 saturated heterocycles. The second-order valence-corrected chi connectivity index (χ2v) is 6.48. The molecule has 0 aliphatic heterocycles. The minimum atomic E-state index is -0.534. The molecule has 0 saturated carbocycles. The van der Waals surface area contributed by atoms with E-state index in [0.717, 1.165) is 12.0 Å². The van der Waals surface area contributed by atoms with Gasteiger partial charge in [-0.25, -0.2) is 5.48 Å². The zero-order valence-corrected chi connectivity index (χ0v) is 14.2. The van der Waals surface area contributed by atoms with Crippen LogP contribution >= 0.6 is 0 Å². The topological polar surface area (TPSA) is 49.3 Å². The van der Waals surface area contributed by atoms with E-state index in [0.29, 0.717) is 5.92 Å². The van der Waals surface area contributed by atoms with Crippen molar-refractivity contribution in [1.29, 1.82) is 0 Å². The van der Waals surface area contributed by atoms with Gasteiger partial charge < -0.3 is 0 Å².